The smallest absolute Gasteiger partial charge is 0.246 e. The Morgan fingerprint density at radius 1 is 1.38 bits per heavy atom. The van der Waals surface area contributed by atoms with Crippen molar-refractivity contribution >= 4 is 18.0 Å². The number of nitrogens with zero attached hydrogens (tertiary/aromatic N) is 3. The summed E-state index contributed by atoms with van der Waals surface area (Å²) in [4.78, 5) is 29.6. The van der Waals surface area contributed by atoms with Gasteiger partial charge in [0.2, 0.25) is 12.3 Å². The van der Waals surface area contributed by atoms with Crippen LogP contribution in [0.2, 0.25) is 0 Å². The maximum Gasteiger partial charge on any atom is 0.246 e. The van der Waals surface area contributed by atoms with E-state index in [0.717, 1.165) is 11.4 Å². The van der Waals surface area contributed by atoms with Crippen LogP contribution in [0.5, 0.6) is 0 Å². The number of carbonyl (C=O) groups excluding carboxylic acids is 2. The van der Waals surface area contributed by atoms with Gasteiger partial charge in [0.05, 0.1) is 18.4 Å². The lowest BCUT2D eigenvalue weighted by Crippen LogP contribution is -2.49. The third-order valence-corrected chi connectivity index (χ3v) is 2.61. The van der Waals surface area contributed by atoms with Gasteiger partial charge in [-0.25, -0.2) is 0 Å². The first-order valence-electron chi connectivity index (χ1n) is 5.13. The number of aryl methyl sites for hydroxylation is 1. The molecule has 0 unspecified atom stereocenters. The Kier molecular flexibility index (Phi) is 2.85. The standard InChI is InChI=1S/C11H13N3O2/c1-9-2-3-10(6-12-9)14-5-4-13(8-15)7-11(14)16/h2-3,6,8H,4-5,7H2,1H3. The molecule has 0 spiro atoms. The Morgan fingerprint density at radius 2 is 2.19 bits per heavy atom. The second kappa shape index (κ2) is 4.30. The molecule has 1 saturated heterocycles. The van der Waals surface area contributed by atoms with Gasteiger partial charge in [0.25, 0.3) is 0 Å². The first-order valence-corrected chi connectivity index (χ1v) is 5.13. The van der Waals surface area contributed by atoms with E-state index in [2.05, 4.69) is 4.98 Å². The third-order valence-electron chi connectivity index (χ3n) is 2.61. The highest BCUT2D eigenvalue weighted by atomic mass is 16.2. The lowest BCUT2D eigenvalue weighted by molar-refractivity contribution is -0.128. The van der Waals surface area contributed by atoms with Crippen molar-refractivity contribution in [1.29, 1.82) is 0 Å². The highest BCUT2D eigenvalue weighted by Crippen LogP contribution is 2.15. The average Bonchev–Trinajstić information content (AvgIpc) is 2.30. The Bertz CT molecular complexity index is 402. The van der Waals surface area contributed by atoms with Gasteiger partial charge in [-0.1, -0.05) is 0 Å². The number of amides is 2. The molecule has 2 heterocycles. The van der Waals surface area contributed by atoms with Crippen LogP contribution in [0.15, 0.2) is 18.3 Å². The van der Waals surface area contributed by atoms with Crippen LogP contribution in [0, 0.1) is 6.92 Å². The molecule has 84 valence electrons. The second-order valence-electron chi connectivity index (χ2n) is 3.78. The van der Waals surface area contributed by atoms with Gasteiger partial charge in [-0.2, -0.15) is 0 Å². The van der Waals surface area contributed by atoms with Crippen molar-refractivity contribution in [2.75, 3.05) is 24.5 Å². The lowest BCUT2D eigenvalue weighted by atomic mass is 10.2. The predicted molar refractivity (Wildman–Crippen MR) is 59.0 cm³/mol. The Labute approximate surface area is 93.7 Å². The molecule has 0 aromatic carbocycles. The molecule has 1 aromatic rings. The van der Waals surface area contributed by atoms with Crippen molar-refractivity contribution in [2.45, 2.75) is 6.92 Å². The van der Waals surface area contributed by atoms with Crippen molar-refractivity contribution in [2.24, 2.45) is 0 Å². The van der Waals surface area contributed by atoms with Crippen LogP contribution >= 0.6 is 0 Å². The summed E-state index contributed by atoms with van der Waals surface area (Å²) in [5, 5.41) is 0. The average molecular weight is 219 g/mol. The molecule has 0 N–H and O–H groups in total. The Morgan fingerprint density at radius 3 is 2.75 bits per heavy atom. The second-order valence-corrected chi connectivity index (χ2v) is 3.78. The summed E-state index contributed by atoms with van der Waals surface area (Å²) in [6.07, 6.45) is 2.40. The van der Waals surface area contributed by atoms with Gasteiger partial charge < -0.3 is 9.80 Å². The van der Waals surface area contributed by atoms with E-state index < -0.39 is 0 Å². The van der Waals surface area contributed by atoms with E-state index in [1.165, 1.54) is 4.90 Å². The molecular weight excluding hydrogens is 206 g/mol. The molecule has 16 heavy (non-hydrogen) atoms. The van der Waals surface area contributed by atoms with E-state index in [-0.39, 0.29) is 12.5 Å². The van der Waals surface area contributed by atoms with E-state index in [1.807, 2.05) is 19.1 Å². The first-order chi connectivity index (χ1) is 7.70. The fourth-order valence-corrected chi connectivity index (χ4v) is 1.67. The van der Waals surface area contributed by atoms with Crippen molar-refractivity contribution in [3.8, 4) is 0 Å². The fourth-order valence-electron chi connectivity index (χ4n) is 1.67. The Hall–Kier alpha value is -1.91. The van der Waals surface area contributed by atoms with Gasteiger partial charge in [-0.15, -0.1) is 0 Å². The van der Waals surface area contributed by atoms with Crippen LogP contribution in [-0.4, -0.2) is 41.8 Å². The molecule has 0 aliphatic carbocycles. The van der Waals surface area contributed by atoms with Gasteiger partial charge >= 0.3 is 0 Å². The van der Waals surface area contributed by atoms with E-state index in [4.69, 9.17) is 0 Å². The molecule has 1 aromatic heterocycles. The van der Waals surface area contributed by atoms with Crippen LogP contribution in [0.3, 0.4) is 0 Å². The van der Waals surface area contributed by atoms with E-state index >= 15 is 0 Å². The van der Waals surface area contributed by atoms with Crippen LogP contribution in [0.1, 0.15) is 5.69 Å². The molecule has 1 aliphatic rings. The fraction of sp³-hybridized carbons (Fsp3) is 0.364. The quantitative estimate of drug-likeness (QED) is 0.667. The molecule has 1 aliphatic heterocycles. The molecule has 0 radical (unpaired) electrons. The number of aromatic nitrogens is 1. The Balaban J connectivity index is 2.14. The highest BCUT2D eigenvalue weighted by Gasteiger charge is 2.23. The number of carbonyl (C=O) groups is 2. The minimum Gasteiger partial charge on any atom is -0.334 e. The van der Waals surface area contributed by atoms with E-state index in [0.29, 0.717) is 19.5 Å². The summed E-state index contributed by atoms with van der Waals surface area (Å²) >= 11 is 0. The zero-order chi connectivity index (χ0) is 11.5. The number of hydrogen-bond acceptors (Lipinski definition) is 3. The molecule has 2 rings (SSSR count). The minimum atomic E-state index is -0.0657. The SMILES string of the molecule is Cc1ccc(N2CCN(C=O)CC2=O)cn1. The summed E-state index contributed by atoms with van der Waals surface area (Å²) in [7, 11) is 0. The van der Waals surface area contributed by atoms with Crippen LogP contribution < -0.4 is 4.90 Å². The third kappa shape index (κ3) is 2.03. The predicted octanol–water partition coefficient (Wildman–Crippen LogP) is 0.195. The zero-order valence-corrected chi connectivity index (χ0v) is 9.09. The minimum absolute atomic E-state index is 0.0657. The molecule has 0 saturated carbocycles. The van der Waals surface area contributed by atoms with Gasteiger partial charge in [0.1, 0.15) is 0 Å². The summed E-state index contributed by atoms with van der Waals surface area (Å²) in [6.45, 7) is 3.15. The maximum absolute atomic E-state index is 11.7. The monoisotopic (exact) mass is 219 g/mol. The molecule has 1 fully saturated rings. The van der Waals surface area contributed by atoms with Crippen LogP contribution in [-0.2, 0) is 9.59 Å². The molecule has 0 bridgehead atoms. The summed E-state index contributed by atoms with van der Waals surface area (Å²) in [5.74, 6) is -0.0657. The van der Waals surface area contributed by atoms with E-state index in [9.17, 15) is 9.59 Å². The van der Waals surface area contributed by atoms with Gasteiger partial charge in [0.15, 0.2) is 0 Å². The normalized spacial score (nSPS) is 16.4. The van der Waals surface area contributed by atoms with Crippen molar-refractivity contribution in [1.82, 2.24) is 9.88 Å². The van der Waals surface area contributed by atoms with Crippen molar-refractivity contribution in [3.05, 3.63) is 24.0 Å². The largest absolute Gasteiger partial charge is 0.334 e. The van der Waals surface area contributed by atoms with Crippen molar-refractivity contribution in [3.63, 3.8) is 0 Å². The number of hydrogen-bond donors (Lipinski definition) is 0. The highest BCUT2D eigenvalue weighted by molar-refractivity contribution is 5.96. The number of anilines is 1. The molecule has 0 atom stereocenters. The van der Waals surface area contributed by atoms with Gasteiger partial charge in [-0.3, -0.25) is 14.6 Å². The molecule has 2 amide bonds. The first kappa shape index (κ1) is 10.6. The number of pyridine rings is 1. The zero-order valence-electron chi connectivity index (χ0n) is 9.09. The van der Waals surface area contributed by atoms with Crippen LogP contribution in [0.4, 0.5) is 5.69 Å². The summed E-state index contributed by atoms with van der Waals surface area (Å²) in [5.41, 5.74) is 1.71. The molecule has 5 nitrogen and oxygen atoms in total. The maximum atomic E-state index is 11.7. The van der Waals surface area contributed by atoms with Gasteiger partial charge in [-0.05, 0) is 19.1 Å². The molecular formula is C11H13N3O2. The topological polar surface area (TPSA) is 53.5 Å². The summed E-state index contributed by atoms with van der Waals surface area (Å²) in [6, 6.07) is 3.74. The number of piperazine rings is 1. The van der Waals surface area contributed by atoms with Gasteiger partial charge in [0, 0.05) is 18.8 Å². The van der Waals surface area contributed by atoms with E-state index in [1.54, 1.807) is 11.1 Å². The number of rotatable bonds is 2. The molecule has 5 heteroatoms. The van der Waals surface area contributed by atoms with Crippen LogP contribution in [0.25, 0.3) is 0 Å². The van der Waals surface area contributed by atoms with Crippen molar-refractivity contribution < 1.29 is 9.59 Å². The summed E-state index contributed by atoms with van der Waals surface area (Å²) < 4.78 is 0. The lowest BCUT2D eigenvalue weighted by Gasteiger charge is -2.31.